The van der Waals surface area contributed by atoms with Crippen molar-refractivity contribution >= 4 is 5.91 Å². The van der Waals surface area contributed by atoms with Crippen molar-refractivity contribution < 1.29 is 4.79 Å². The highest BCUT2D eigenvalue weighted by Crippen LogP contribution is 2.06. The van der Waals surface area contributed by atoms with E-state index in [4.69, 9.17) is 0 Å². The average Bonchev–Trinajstić information content (AvgIpc) is 2.53. The van der Waals surface area contributed by atoms with Gasteiger partial charge in [0, 0.05) is 32.7 Å². The van der Waals surface area contributed by atoms with Gasteiger partial charge in [-0.3, -0.25) is 9.69 Å². The van der Waals surface area contributed by atoms with Crippen molar-refractivity contribution in [3.05, 3.63) is 35.9 Å². The van der Waals surface area contributed by atoms with Gasteiger partial charge in [-0.15, -0.1) is 0 Å². The van der Waals surface area contributed by atoms with Crippen molar-refractivity contribution in [2.75, 3.05) is 39.8 Å². The smallest absolute Gasteiger partial charge is 0.239 e. The molecule has 4 heteroatoms. The fourth-order valence-corrected chi connectivity index (χ4v) is 2.48. The molecule has 0 spiro atoms. The molecule has 1 aromatic rings. The van der Waals surface area contributed by atoms with E-state index < -0.39 is 0 Å². The van der Waals surface area contributed by atoms with Gasteiger partial charge in [0.25, 0.3) is 0 Å². The van der Waals surface area contributed by atoms with Crippen molar-refractivity contribution in [1.82, 2.24) is 15.1 Å². The van der Waals surface area contributed by atoms with Crippen LogP contribution >= 0.6 is 0 Å². The molecule has 1 aliphatic heterocycles. The first-order chi connectivity index (χ1) is 9.68. The summed E-state index contributed by atoms with van der Waals surface area (Å²) in [7, 11) is 2.04. The van der Waals surface area contributed by atoms with Crippen LogP contribution in [0.25, 0.3) is 0 Å². The summed E-state index contributed by atoms with van der Waals surface area (Å²) in [4.78, 5) is 16.5. The number of carbonyl (C=O) groups excluding carboxylic acids is 1. The van der Waals surface area contributed by atoms with E-state index in [2.05, 4.69) is 34.5 Å². The lowest BCUT2D eigenvalue weighted by Crippen LogP contribution is -2.52. The normalized spacial score (nSPS) is 17.2. The van der Waals surface area contributed by atoms with Crippen LogP contribution < -0.4 is 5.32 Å². The quantitative estimate of drug-likeness (QED) is 0.870. The number of hydrogen-bond donors (Lipinski definition) is 1. The Morgan fingerprint density at radius 1 is 1.30 bits per heavy atom. The number of likely N-dealkylation sites (N-methyl/N-ethyl adjacent to an activating group) is 1. The summed E-state index contributed by atoms with van der Waals surface area (Å²) >= 11 is 0. The number of amides is 1. The molecule has 1 atom stereocenters. The van der Waals surface area contributed by atoms with Gasteiger partial charge < -0.3 is 10.2 Å². The molecule has 1 aromatic carbocycles. The first-order valence-electron chi connectivity index (χ1n) is 7.42. The van der Waals surface area contributed by atoms with Gasteiger partial charge in [0.15, 0.2) is 0 Å². The molecular formula is C16H25N3O. The van der Waals surface area contributed by atoms with Gasteiger partial charge in [-0.05, 0) is 26.0 Å². The number of carbonyl (C=O) groups is 1. The van der Waals surface area contributed by atoms with Crippen LogP contribution in [0.4, 0.5) is 0 Å². The first kappa shape index (κ1) is 15.0. The molecule has 0 aliphatic carbocycles. The van der Waals surface area contributed by atoms with E-state index >= 15 is 0 Å². The van der Waals surface area contributed by atoms with E-state index in [0.717, 1.165) is 39.1 Å². The molecule has 1 amide bonds. The zero-order valence-electron chi connectivity index (χ0n) is 12.5. The minimum Gasteiger partial charge on any atom is -0.339 e. The molecule has 0 aromatic heterocycles. The second-order valence-electron chi connectivity index (χ2n) is 5.47. The van der Waals surface area contributed by atoms with Crippen LogP contribution in [0, 0.1) is 0 Å². The Kier molecular flexibility index (Phi) is 5.56. The maximum absolute atomic E-state index is 12.4. The first-order valence-corrected chi connectivity index (χ1v) is 7.42. The van der Waals surface area contributed by atoms with Gasteiger partial charge >= 0.3 is 0 Å². The Hall–Kier alpha value is -1.39. The van der Waals surface area contributed by atoms with Crippen LogP contribution in [0.1, 0.15) is 12.5 Å². The van der Waals surface area contributed by atoms with Crippen LogP contribution in [0.3, 0.4) is 0 Å². The van der Waals surface area contributed by atoms with Crippen molar-refractivity contribution in [2.24, 2.45) is 0 Å². The van der Waals surface area contributed by atoms with E-state index in [1.807, 2.05) is 24.9 Å². The van der Waals surface area contributed by atoms with Crippen molar-refractivity contribution in [3.63, 3.8) is 0 Å². The molecule has 1 heterocycles. The van der Waals surface area contributed by atoms with Gasteiger partial charge in [-0.2, -0.15) is 0 Å². The maximum Gasteiger partial charge on any atom is 0.239 e. The third kappa shape index (κ3) is 4.05. The predicted molar refractivity (Wildman–Crippen MR) is 81.7 cm³/mol. The second-order valence-corrected chi connectivity index (χ2v) is 5.47. The lowest BCUT2D eigenvalue weighted by atomic mass is 10.1. The molecule has 0 bridgehead atoms. The third-order valence-corrected chi connectivity index (χ3v) is 4.04. The van der Waals surface area contributed by atoms with Crippen molar-refractivity contribution in [1.29, 1.82) is 0 Å². The zero-order chi connectivity index (χ0) is 14.4. The molecule has 2 rings (SSSR count). The molecule has 1 saturated heterocycles. The highest BCUT2D eigenvalue weighted by molar-refractivity contribution is 5.81. The topological polar surface area (TPSA) is 35.6 Å². The molecular weight excluding hydrogens is 250 g/mol. The SMILES string of the molecule is CC(C(=O)N1CCNCC1)N(C)CCc1ccccc1. The van der Waals surface area contributed by atoms with E-state index in [-0.39, 0.29) is 11.9 Å². The summed E-state index contributed by atoms with van der Waals surface area (Å²) in [5.74, 6) is 0.252. The minimum absolute atomic E-state index is 0.0446. The zero-order valence-corrected chi connectivity index (χ0v) is 12.5. The van der Waals surface area contributed by atoms with E-state index in [0.29, 0.717) is 0 Å². The number of piperazine rings is 1. The molecule has 110 valence electrons. The van der Waals surface area contributed by atoms with Gasteiger partial charge in [-0.1, -0.05) is 30.3 Å². The molecule has 1 N–H and O–H groups in total. The highest BCUT2D eigenvalue weighted by Gasteiger charge is 2.24. The number of benzene rings is 1. The number of nitrogens with one attached hydrogen (secondary N) is 1. The van der Waals surface area contributed by atoms with Crippen LogP contribution in [0.15, 0.2) is 30.3 Å². The summed E-state index contributed by atoms with van der Waals surface area (Å²) in [6, 6.07) is 10.4. The van der Waals surface area contributed by atoms with E-state index in [9.17, 15) is 4.79 Å². The van der Waals surface area contributed by atoms with Crippen molar-refractivity contribution in [3.8, 4) is 0 Å². The van der Waals surface area contributed by atoms with Gasteiger partial charge in [0.1, 0.15) is 0 Å². The Bertz CT molecular complexity index is 415. The van der Waals surface area contributed by atoms with E-state index in [1.165, 1.54) is 5.56 Å². The molecule has 20 heavy (non-hydrogen) atoms. The van der Waals surface area contributed by atoms with Crippen LogP contribution in [-0.4, -0.2) is 61.5 Å². The minimum atomic E-state index is -0.0446. The fourth-order valence-electron chi connectivity index (χ4n) is 2.48. The van der Waals surface area contributed by atoms with Gasteiger partial charge in [-0.25, -0.2) is 0 Å². The average molecular weight is 275 g/mol. The van der Waals surface area contributed by atoms with Crippen LogP contribution in [0.5, 0.6) is 0 Å². The maximum atomic E-state index is 12.4. The Labute approximate surface area is 121 Å². The standard InChI is InChI=1S/C16H25N3O/c1-14(16(20)19-12-9-17-10-13-19)18(2)11-8-15-6-4-3-5-7-15/h3-7,14,17H,8-13H2,1-2H3. The van der Waals surface area contributed by atoms with E-state index in [1.54, 1.807) is 0 Å². The molecule has 1 fully saturated rings. The monoisotopic (exact) mass is 275 g/mol. The highest BCUT2D eigenvalue weighted by atomic mass is 16.2. The Morgan fingerprint density at radius 2 is 1.95 bits per heavy atom. The molecule has 1 unspecified atom stereocenters. The van der Waals surface area contributed by atoms with Crippen LogP contribution in [0.2, 0.25) is 0 Å². The molecule has 4 nitrogen and oxygen atoms in total. The largest absolute Gasteiger partial charge is 0.339 e. The van der Waals surface area contributed by atoms with Crippen LogP contribution in [-0.2, 0) is 11.2 Å². The summed E-state index contributed by atoms with van der Waals surface area (Å²) in [6.07, 6.45) is 0.983. The number of hydrogen-bond acceptors (Lipinski definition) is 3. The lowest BCUT2D eigenvalue weighted by Gasteiger charge is -2.33. The summed E-state index contributed by atoms with van der Waals surface area (Å²) in [5, 5.41) is 3.28. The lowest BCUT2D eigenvalue weighted by molar-refractivity contribution is -0.136. The molecule has 1 aliphatic rings. The van der Waals surface area contributed by atoms with Gasteiger partial charge in [0.2, 0.25) is 5.91 Å². The Balaban J connectivity index is 1.81. The second kappa shape index (κ2) is 7.41. The molecule has 0 radical (unpaired) electrons. The summed E-state index contributed by atoms with van der Waals surface area (Å²) in [6.45, 7) is 6.39. The van der Waals surface area contributed by atoms with Crippen molar-refractivity contribution in [2.45, 2.75) is 19.4 Å². The summed E-state index contributed by atoms with van der Waals surface area (Å²) < 4.78 is 0. The third-order valence-electron chi connectivity index (χ3n) is 4.04. The number of rotatable bonds is 5. The Morgan fingerprint density at radius 3 is 2.60 bits per heavy atom. The summed E-state index contributed by atoms with van der Waals surface area (Å²) in [5.41, 5.74) is 1.32. The van der Waals surface area contributed by atoms with Gasteiger partial charge in [0.05, 0.1) is 6.04 Å². The number of nitrogens with zero attached hydrogens (tertiary/aromatic N) is 2. The molecule has 0 saturated carbocycles. The fraction of sp³-hybridized carbons (Fsp3) is 0.562. The predicted octanol–water partition coefficient (Wildman–Crippen LogP) is 0.981.